The highest BCUT2D eigenvalue weighted by atomic mass is 32.2. The summed E-state index contributed by atoms with van der Waals surface area (Å²) in [5.41, 5.74) is 3.67. The van der Waals surface area contributed by atoms with Gasteiger partial charge in [-0.1, -0.05) is 6.08 Å². The van der Waals surface area contributed by atoms with Gasteiger partial charge < -0.3 is 0 Å². The summed E-state index contributed by atoms with van der Waals surface area (Å²) in [4.78, 5) is 4.38. The topological polar surface area (TPSA) is 12.9 Å². The van der Waals surface area contributed by atoms with Crippen molar-refractivity contribution in [3.63, 3.8) is 0 Å². The van der Waals surface area contributed by atoms with Gasteiger partial charge in [0.1, 0.15) is 0 Å². The van der Waals surface area contributed by atoms with Crippen molar-refractivity contribution >= 4 is 11.8 Å². The fourth-order valence-electron chi connectivity index (χ4n) is 1.65. The third-order valence-corrected chi connectivity index (χ3v) is 3.31. The van der Waals surface area contributed by atoms with Crippen molar-refractivity contribution in [1.29, 1.82) is 0 Å². The predicted molar refractivity (Wildman–Crippen MR) is 57.8 cm³/mol. The second-order valence-electron chi connectivity index (χ2n) is 3.42. The molecule has 0 fully saturated rings. The van der Waals surface area contributed by atoms with Gasteiger partial charge in [-0.25, -0.2) is 0 Å². The summed E-state index contributed by atoms with van der Waals surface area (Å²) in [5.74, 6) is 0. The summed E-state index contributed by atoms with van der Waals surface area (Å²) in [6.45, 7) is 4.12. The van der Waals surface area contributed by atoms with Crippen LogP contribution in [0.15, 0.2) is 23.6 Å². The van der Waals surface area contributed by atoms with Crippen LogP contribution in [0.1, 0.15) is 28.6 Å². The molecule has 0 spiro atoms. The van der Waals surface area contributed by atoms with E-state index in [2.05, 4.69) is 42.4 Å². The standard InChI is InChI=1S/C11H13NS/c1-8-6-10(7-9(2)12-8)11-4-3-5-13-11/h3,5-7,11H,4H2,1-2H3. The Kier molecular flexibility index (Phi) is 2.40. The van der Waals surface area contributed by atoms with Crippen molar-refractivity contribution in [3.8, 4) is 0 Å². The Morgan fingerprint density at radius 3 is 2.54 bits per heavy atom. The molecular formula is C11H13NS. The van der Waals surface area contributed by atoms with Gasteiger partial charge in [-0.3, -0.25) is 4.98 Å². The van der Waals surface area contributed by atoms with Crippen LogP contribution in [0.5, 0.6) is 0 Å². The van der Waals surface area contributed by atoms with Crippen LogP contribution in [-0.2, 0) is 0 Å². The van der Waals surface area contributed by atoms with Crippen LogP contribution in [0.2, 0.25) is 0 Å². The van der Waals surface area contributed by atoms with Crippen molar-refractivity contribution in [2.45, 2.75) is 25.5 Å². The van der Waals surface area contributed by atoms with Crippen LogP contribution in [0.3, 0.4) is 0 Å². The van der Waals surface area contributed by atoms with Gasteiger partial charge in [-0.15, -0.1) is 11.8 Å². The Labute approximate surface area is 83.3 Å². The molecule has 0 N–H and O–H groups in total. The first-order valence-corrected chi connectivity index (χ1v) is 5.45. The van der Waals surface area contributed by atoms with Crippen LogP contribution in [0, 0.1) is 13.8 Å². The highest BCUT2D eigenvalue weighted by Crippen LogP contribution is 2.38. The lowest BCUT2D eigenvalue weighted by atomic mass is 10.1. The molecule has 0 aliphatic carbocycles. The van der Waals surface area contributed by atoms with E-state index in [1.165, 1.54) is 5.56 Å². The smallest absolute Gasteiger partial charge is 0.0379 e. The number of aryl methyl sites for hydroxylation is 2. The number of pyridine rings is 1. The fraction of sp³-hybridized carbons (Fsp3) is 0.364. The molecule has 2 heterocycles. The number of allylic oxidation sites excluding steroid dienone is 1. The number of aromatic nitrogens is 1. The molecule has 68 valence electrons. The van der Waals surface area contributed by atoms with Crippen molar-refractivity contribution in [3.05, 3.63) is 40.6 Å². The molecule has 1 aromatic rings. The minimum absolute atomic E-state index is 0.625. The van der Waals surface area contributed by atoms with Crippen LogP contribution in [-0.4, -0.2) is 4.98 Å². The van der Waals surface area contributed by atoms with Gasteiger partial charge in [0, 0.05) is 16.6 Å². The van der Waals surface area contributed by atoms with Gasteiger partial charge in [0.25, 0.3) is 0 Å². The molecule has 1 atom stereocenters. The van der Waals surface area contributed by atoms with E-state index in [1.807, 2.05) is 11.8 Å². The first kappa shape index (κ1) is 8.82. The molecule has 1 aromatic heterocycles. The first-order valence-electron chi connectivity index (χ1n) is 4.51. The highest BCUT2D eigenvalue weighted by Gasteiger charge is 2.13. The minimum Gasteiger partial charge on any atom is -0.258 e. The number of rotatable bonds is 1. The predicted octanol–water partition coefficient (Wildman–Crippen LogP) is 3.39. The Morgan fingerprint density at radius 1 is 1.31 bits per heavy atom. The molecule has 0 radical (unpaired) electrons. The number of thioether (sulfide) groups is 1. The molecular weight excluding hydrogens is 178 g/mol. The lowest BCUT2D eigenvalue weighted by molar-refractivity contribution is 0.965. The lowest BCUT2D eigenvalue weighted by Gasteiger charge is -2.10. The molecule has 1 unspecified atom stereocenters. The summed E-state index contributed by atoms with van der Waals surface area (Å²) in [7, 11) is 0. The van der Waals surface area contributed by atoms with Crippen molar-refractivity contribution < 1.29 is 0 Å². The largest absolute Gasteiger partial charge is 0.258 e. The number of nitrogens with zero attached hydrogens (tertiary/aromatic N) is 1. The molecule has 0 amide bonds. The molecule has 0 bridgehead atoms. The van der Waals surface area contributed by atoms with E-state index in [4.69, 9.17) is 0 Å². The third kappa shape index (κ3) is 1.94. The Balaban J connectivity index is 2.29. The summed E-state index contributed by atoms with van der Waals surface area (Å²) in [6.07, 6.45) is 3.40. The number of hydrogen-bond donors (Lipinski definition) is 0. The summed E-state index contributed by atoms with van der Waals surface area (Å²) >= 11 is 1.90. The lowest BCUT2D eigenvalue weighted by Crippen LogP contribution is -1.94. The fourth-order valence-corrected chi connectivity index (χ4v) is 2.58. The quantitative estimate of drug-likeness (QED) is 0.675. The second kappa shape index (κ2) is 3.54. The van der Waals surface area contributed by atoms with Crippen LogP contribution >= 0.6 is 11.8 Å². The van der Waals surface area contributed by atoms with E-state index in [0.717, 1.165) is 17.8 Å². The SMILES string of the molecule is Cc1cc(C2CC=CS2)cc(C)n1. The third-order valence-electron chi connectivity index (χ3n) is 2.16. The highest BCUT2D eigenvalue weighted by molar-refractivity contribution is 8.02. The Bertz CT molecular complexity index is 316. The van der Waals surface area contributed by atoms with Crippen molar-refractivity contribution in [2.24, 2.45) is 0 Å². The average Bonchev–Trinajstić information content (AvgIpc) is 2.53. The zero-order chi connectivity index (χ0) is 9.26. The maximum atomic E-state index is 4.38. The van der Waals surface area contributed by atoms with E-state index >= 15 is 0 Å². The molecule has 0 saturated carbocycles. The first-order chi connectivity index (χ1) is 6.25. The Morgan fingerprint density at radius 2 is 2.00 bits per heavy atom. The number of hydrogen-bond acceptors (Lipinski definition) is 2. The van der Waals surface area contributed by atoms with Gasteiger partial charge in [0.2, 0.25) is 0 Å². The molecule has 1 aliphatic heterocycles. The van der Waals surface area contributed by atoms with Gasteiger partial charge >= 0.3 is 0 Å². The summed E-state index contributed by atoms with van der Waals surface area (Å²) in [5, 5.41) is 2.82. The van der Waals surface area contributed by atoms with E-state index in [0.29, 0.717) is 5.25 Å². The molecule has 13 heavy (non-hydrogen) atoms. The molecule has 1 aliphatic rings. The normalized spacial score (nSPS) is 20.9. The van der Waals surface area contributed by atoms with Crippen LogP contribution in [0.4, 0.5) is 0 Å². The average molecular weight is 191 g/mol. The Hall–Kier alpha value is -0.760. The maximum Gasteiger partial charge on any atom is 0.0379 e. The van der Waals surface area contributed by atoms with Gasteiger partial charge in [0.05, 0.1) is 0 Å². The zero-order valence-electron chi connectivity index (χ0n) is 7.95. The van der Waals surface area contributed by atoms with E-state index < -0.39 is 0 Å². The van der Waals surface area contributed by atoms with E-state index in [9.17, 15) is 0 Å². The molecule has 2 heteroatoms. The van der Waals surface area contributed by atoms with E-state index in [1.54, 1.807) is 0 Å². The van der Waals surface area contributed by atoms with E-state index in [-0.39, 0.29) is 0 Å². The monoisotopic (exact) mass is 191 g/mol. The van der Waals surface area contributed by atoms with Crippen LogP contribution < -0.4 is 0 Å². The van der Waals surface area contributed by atoms with Gasteiger partial charge in [-0.2, -0.15) is 0 Å². The van der Waals surface area contributed by atoms with Gasteiger partial charge in [-0.05, 0) is 43.4 Å². The summed E-state index contributed by atoms with van der Waals surface area (Å²) < 4.78 is 0. The maximum absolute atomic E-state index is 4.38. The second-order valence-corrected chi connectivity index (χ2v) is 4.53. The van der Waals surface area contributed by atoms with Crippen molar-refractivity contribution in [1.82, 2.24) is 4.98 Å². The summed E-state index contributed by atoms with van der Waals surface area (Å²) in [6, 6.07) is 4.38. The zero-order valence-corrected chi connectivity index (χ0v) is 8.77. The molecule has 1 nitrogen and oxygen atoms in total. The van der Waals surface area contributed by atoms with Crippen molar-refractivity contribution in [2.75, 3.05) is 0 Å². The molecule has 0 aromatic carbocycles. The minimum atomic E-state index is 0.625. The molecule has 2 rings (SSSR count). The van der Waals surface area contributed by atoms with Gasteiger partial charge in [0.15, 0.2) is 0 Å². The van der Waals surface area contributed by atoms with Crippen LogP contribution in [0.25, 0.3) is 0 Å². The molecule has 0 saturated heterocycles.